The van der Waals surface area contributed by atoms with E-state index in [9.17, 15) is 8.42 Å². The molecule has 0 aliphatic rings. The molecule has 168 valence electrons. The van der Waals surface area contributed by atoms with Gasteiger partial charge in [-0.3, -0.25) is 0 Å². The van der Waals surface area contributed by atoms with Crippen molar-refractivity contribution in [3.05, 3.63) is 143 Å². The number of aryl methyl sites for hydroxylation is 2. The van der Waals surface area contributed by atoms with Crippen LogP contribution in [-0.2, 0) is 22.7 Å². The van der Waals surface area contributed by atoms with Gasteiger partial charge in [0, 0.05) is 0 Å². The van der Waals surface area contributed by atoms with Gasteiger partial charge in [0.1, 0.15) is 0 Å². The number of hydrogen-bond donors (Lipinski definition) is 0. The molecule has 2 nitrogen and oxygen atoms in total. The third-order valence-electron chi connectivity index (χ3n) is 6.22. The summed E-state index contributed by atoms with van der Waals surface area (Å²) in [6.45, 7) is 4.05. The van der Waals surface area contributed by atoms with E-state index >= 15 is 0 Å². The summed E-state index contributed by atoms with van der Waals surface area (Å²) in [5.41, 5.74) is 5.97. The Morgan fingerprint density at radius 2 is 0.848 bits per heavy atom. The fourth-order valence-electron chi connectivity index (χ4n) is 4.26. The van der Waals surface area contributed by atoms with Crippen LogP contribution < -0.4 is 0 Å². The third-order valence-corrected chi connectivity index (χ3v) is 8.68. The Balaban J connectivity index is 1.81. The van der Waals surface area contributed by atoms with Crippen molar-refractivity contribution in [1.82, 2.24) is 0 Å². The van der Waals surface area contributed by atoms with Crippen LogP contribution in [0, 0.1) is 13.8 Å². The Morgan fingerprint density at radius 1 is 0.515 bits per heavy atom. The third kappa shape index (κ3) is 5.61. The lowest BCUT2D eigenvalue weighted by Crippen LogP contribution is -2.24. The van der Waals surface area contributed by atoms with Crippen molar-refractivity contribution in [3.63, 3.8) is 0 Å². The lowest BCUT2D eigenvalue weighted by molar-refractivity contribution is 0.565. The van der Waals surface area contributed by atoms with Crippen LogP contribution >= 0.6 is 0 Å². The van der Waals surface area contributed by atoms with Gasteiger partial charge in [-0.1, -0.05) is 120 Å². The van der Waals surface area contributed by atoms with Crippen molar-refractivity contribution in [2.45, 2.75) is 37.2 Å². The molecule has 3 heteroatoms. The standard InChI is InChI=1S/C30H30O2S/c1-23-13-17-27(18-14-23)29(21-25-9-5-3-6-10-25)33(31,32)30(22-26-11-7-4-8-12-26)28-19-15-24(2)16-20-28/h3-20,29-30H,21-22H2,1-2H3. The largest absolute Gasteiger partial charge is 0.228 e. The topological polar surface area (TPSA) is 34.1 Å². The summed E-state index contributed by atoms with van der Waals surface area (Å²) in [5.74, 6) is 0. The van der Waals surface area contributed by atoms with Crippen molar-refractivity contribution >= 4 is 9.84 Å². The molecule has 0 aromatic heterocycles. The molecular weight excluding hydrogens is 424 g/mol. The second kappa shape index (κ2) is 10.2. The van der Waals surface area contributed by atoms with Crippen molar-refractivity contribution in [1.29, 1.82) is 0 Å². The Kier molecular flexibility index (Phi) is 7.10. The molecule has 0 heterocycles. The average molecular weight is 455 g/mol. The predicted octanol–water partition coefficient (Wildman–Crippen LogP) is 6.99. The van der Waals surface area contributed by atoms with Gasteiger partial charge in [0.2, 0.25) is 0 Å². The summed E-state index contributed by atoms with van der Waals surface area (Å²) in [6, 6.07) is 35.7. The highest BCUT2D eigenvalue weighted by atomic mass is 32.2. The van der Waals surface area contributed by atoms with E-state index in [1.165, 1.54) is 0 Å². The molecule has 0 saturated heterocycles. The number of rotatable bonds is 8. The highest BCUT2D eigenvalue weighted by Crippen LogP contribution is 2.38. The first-order valence-electron chi connectivity index (χ1n) is 11.4. The maximum atomic E-state index is 14.4. The zero-order valence-electron chi connectivity index (χ0n) is 19.2. The molecule has 4 aromatic carbocycles. The molecule has 0 N–H and O–H groups in total. The van der Waals surface area contributed by atoms with E-state index in [0.717, 1.165) is 33.4 Å². The molecule has 0 bridgehead atoms. The molecule has 33 heavy (non-hydrogen) atoms. The second-order valence-corrected chi connectivity index (χ2v) is 11.1. The Hall–Kier alpha value is -3.17. The minimum Gasteiger partial charge on any atom is -0.228 e. The van der Waals surface area contributed by atoms with Crippen molar-refractivity contribution in [3.8, 4) is 0 Å². The lowest BCUT2D eigenvalue weighted by atomic mass is 10.0. The average Bonchev–Trinajstić information content (AvgIpc) is 2.83. The molecule has 0 aliphatic heterocycles. The van der Waals surface area contributed by atoms with Crippen LogP contribution in [0.25, 0.3) is 0 Å². The van der Waals surface area contributed by atoms with Gasteiger partial charge >= 0.3 is 0 Å². The molecule has 2 unspecified atom stereocenters. The molecule has 4 aromatic rings. The first-order chi connectivity index (χ1) is 15.9. The van der Waals surface area contributed by atoms with Crippen LogP contribution in [0.3, 0.4) is 0 Å². The first kappa shape index (κ1) is 23.0. The van der Waals surface area contributed by atoms with E-state index in [4.69, 9.17) is 0 Å². The van der Waals surface area contributed by atoms with Crippen LogP contribution in [0.5, 0.6) is 0 Å². The maximum absolute atomic E-state index is 14.4. The van der Waals surface area contributed by atoms with E-state index in [1.807, 2.05) is 123 Å². The van der Waals surface area contributed by atoms with Crippen LogP contribution in [0.1, 0.15) is 43.9 Å². The summed E-state index contributed by atoms with van der Waals surface area (Å²) in [4.78, 5) is 0. The fourth-order valence-corrected chi connectivity index (χ4v) is 6.58. The lowest BCUT2D eigenvalue weighted by Gasteiger charge is -2.26. The Bertz CT molecular complexity index is 1160. The van der Waals surface area contributed by atoms with E-state index in [0.29, 0.717) is 12.8 Å². The number of hydrogen-bond acceptors (Lipinski definition) is 2. The van der Waals surface area contributed by atoms with E-state index in [-0.39, 0.29) is 0 Å². The van der Waals surface area contributed by atoms with Crippen LogP contribution in [0.2, 0.25) is 0 Å². The summed E-state index contributed by atoms with van der Waals surface area (Å²) in [5, 5.41) is -1.26. The smallest absolute Gasteiger partial charge is 0.164 e. The minimum absolute atomic E-state index is 0.448. The molecule has 0 radical (unpaired) electrons. The molecule has 4 rings (SSSR count). The fraction of sp³-hybridized carbons (Fsp3) is 0.200. The molecule has 0 spiro atoms. The highest BCUT2D eigenvalue weighted by Gasteiger charge is 2.36. The molecule has 0 fully saturated rings. The van der Waals surface area contributed by atoms with Gasteiger partial charge in [-0.15, -0.1) is 0 Å². The monoisotopic (exact) mass is 454 g/mol. The van der Waals surface area contributed by atoms with Gasteiger partial charge in [0.05, 0.1) is 10.5 Å². The quantitative estimate of drug-likeness (QED) is 0.288. The van der Waals surface area contributed by atoms with Gasteiger partial charge in [-0.05, 0) is 48.9 Å². The highest BCUT2D eigenvalue weighted by molar-refractivity contribution is 7.91. The minimum atomic E-state index is -3.59. The van der Waals surface area contributed by atoms with Crippen LogP contribution in [0.4, 0.5) is 0 Å². The number of sulfone groups is 1. The van der Waals surface area contributed by atoms with E-state index in [2.05, 4.69) is 0 Å². The predicted molar refractivity (Wildman–Crippen MR) is 137 cm³/mol. The van der Waals surface area contributed by atoms with E-state index < -0.39 is 20.3 Å². The maximum Gasteiger partial charge on any atom is 0.164 e. The zero-order chi connectivity index (χ0) is 23.3. The Labute approximate surface area is 197 Å². The molecule has 0 aliphatic carbocycles. The van der Waals surface area contributed by atoms with Crippen LogP contribution in [-0.4, -0.2) is 8.42 Å². The van der Waals surface area contributed by atoms with Gasteiger partial charge in [-0.2, -0.15) is 0 Å². The van der Waals surface area contributed by atoms with Crippen molar-refractivity contribution in [2.75, 3.05) is 0 Å². The van der Waals surface area contributed by atoms with E-state index in [1.54, 1.807) is 0 Å². The van der Waals surface area contributed by atoms with Gasteiger partial charge in [-0.25, -0.2) is 8.42 Å². The zero-order valence-corrected chi connectivity index (χ0v) is 20.0. The summed E-state index contributed by atoms with van der Waals surface area (Å²) >= 11 is 0. The van der Waals surface area contributed by atoms with Crippen molar-refractivity contribution in [2.24, 2.45) is 0 Å². The number of benzene rings is 4. The second-order valence-electron chi connectivity index (χ2n) is 8.77. The summed E-state index contributed by atoms with van der Waals surface area (Å²) < 4.78 is 28.8. The summed E-state index contributed by atoms with van der Waals surface area (Å²) in [7, 11) is -3.59. The molecule has 0 amide bonds. The normalized spacial score (nSPS) is 13.4. The molecule has 2 atom stereocenters. The van der Waals surface area contributed by atoms with Gasteiger partial charge in [0.15, 0.2) is 9.84 Å². The summed E-state index contributed by atoms with van der Waals surface area (Å²) in [6.07, 6.45) is 0.896. The van der Waals surface area contributed by atoms with Gasteiger partial charge in [0.25, 0.3) is 0 Å². The molecule has 0 saturated carbocycles. The Morgan fingerprint density at radius 3 is 1.18 bits per heavy atom. The van der Waals surface area contributed by atoms with Gasteiger partial charge < -0.3 is 0 Å². The SMILES string of the molecule is Cc1ccc(C(Cc2ccccc2)S(=O)(=O)C(Cc2ccccc2)c2ccc(C)cc2)cc1. The van der Waals surface area contributed by atoms with Crippen molar-refractivity contribution < 1.29 is 8.42 Å². The molecular formula is C30H30O2S. The van der Waals surface area contributed by atoms with Crippen LogP contribution in [0.15, 0.2) is 109 Å². The first-order valence-corrected chi connectivity index (χ1v) is 13.0.